The summed E-state index contributed by atoms with van der Waals surface area (Å²) >= 11 is 0. The van der Waals surface area contributed by atoms with Gasteiger partial charge in [-0.25, -0.2) is 0 Å². The fraction of sp³-hybridized carbons (Fsp3) is 0.517. The average Bonchev–Trinajstić information content (AvgIpc) is 3.21. The minimum atomic E-state index is -0.0429. The van der Waals surface area contributed by atoms with Crippen molar-refractivity contribution >= 4 is 12.2 Å². The van der Waals surface area contributed by atoms with Crippen molar-refractivity contribution < 1.29 is 9.59 Å². The molecule has 3 aliphatic heterocycles. The zero-order valence-electron chi connectivity index (χ0n) is 20.0. The third kappa shape index (κ3) is 4.09. The standard InChI is InChI=1S/C29H36N2O2/c1-30-18-16-21-12-8-4-3-7-11-15-24(21)28(30)26-25(20-32)27-23-14-10-6-2-5-9-13-22(23)17-19-31(27)29(26)33/h16-20H,2-15H2,1H3/b28-26+. The molecule has 174 valence electrons. The van der Waals surface area contributed by atoms with Crippen LogP contribution in [0.25, 0.3) is 0 Å². The maximum atomic E-state index is 13.9. The highest BCUT2D eigenvalue weighted by atomic mass is 16.2. The van der Waals surface area contributed by atoms with Gasteiger partial charge in [0.05, 0.1) is 22.5 Å². The fourth-order valence-electron chi connectivity index (χ4n) is 6.19. The monoisotopic (exact) mass is 444 g/mol. The van der Waals surface area contributed by atoms with Crippen LogP contribution in [0.2, 0.25) is 0 Å². The fourth-order valence-corrected chi connectivity index (χ4v) is 6.19. The van der Waals surface area contributed by atoms with Crippen LogP contribution in [0.5, 0.6) is 0 Å². The molecule has 5 rings (SSSR count). The number of carbonyl (C=O) groups excluding carboxylic acids is 2. The van der Waals surface area contributed by atoms with Crippen molar-refractivity contribution in [3.8, 4) is 0 Å². The molecule has 2 aliphatic carbocycles. The highest BCUT2D eigenvalue weighted by Gasteiger charge is 2.41. The Morgan fingerprint density at radius 2 is 1.21 bits per heavy atom. The third-order valence-corrected chi connectivity index (χ3v) is 7.92. The summed E-state index contributed by atoms with van der Waals surface area (Å²) in [5.41, 5.74) is 8.20. The molecule has 3 heterocycles. The van der Waals surface area contributed by atoms with Gasteiger partial charge in [0.2, 0.25) is 0 Å². The Bertz CT molecular complexity index is 1030. The first-order chi connectivity index (χ1) is 16.2. The molecular weight excluding hydrogens is 408 g/mol. The van der Waals surface area contributed by atoms with Crippen LogP contribution in [0.15, 0.2) is 69.4 Å². The Labute approximate surface area is 198 Å². The second-order valence-electron chi connectivity index (χ2n) is 10.1. The average molecular weight is 445 g/mol. The number of carbonyl (C=O) groups is 2. The number of allylic oxidation sites excluding steroid dienone is 6. The Kier molecular flexibility index (Phi) is 6.52. The topological polar surface area (TPSA) is 40.6 Å². The maximum absolute atomic E-state index is 13.9. The van der Waals surface area contributed by atoms with Gasteiger partial charge in [0, 0.05) is 19.4 Å². The lowest BCUT2D eigenvalue weighted by molar-refractivity contribution is -0.122. The smallest absolute Gasteiger partial charge is 0.265 e. The minimum absolute atomic E-state index is 0.0429. The molecule has 1 amide bonds. The van der Waals surface area contributed by atoms with E-state index >= 15 is 0 Å². The van der Waals surface area contributed by atoms with Crippen molar-refractivity contribution in [2.24, 2.45) is 0 Å². The van der Waals surface area contributed by atoms with Crippen LogP contribution in [0.1, 0.15) is 89.9 Å². The van der Waals surface area contributed by atoms with E-state index in [9.17, 15) is 9.59 Å². The van der Waals surface area contributed by atoms with Crippen molar-refractivity contribution in [3.05, 3.63) is 69.4 Å². The number of aldehydes is 1. The zero-order valence-corrected chi connectivity index (χ0v) is 20.0. The van der Waals surface area contributed by atoms with E-state index in [1.54, 1.807) is 4.90 Å². The van der Waals surface area contributed by atoms with Gasteiger partial charge in [-0.3, -0.25) is 14.5 Å². The number of fused-ring (bicyclic) bond motifs is 2. The van der Waals surface area contributed by atoms with E-state index in [2.05, 4.69) is 23.3 Å². The molecule has 0 unspecified atom stereocenters. The molecule has 0 N–H and O–H groups in total. The van der Waals surface area contributed by atoms with Crippen LogP contribution in [-0.4, -0.2) is 29.0 Å². The molecule has 4 heteroatoms. The van der Waals surface area contributed by atoms with Gasteiger partial charge in [-0.1, -0.05) is 38.5 Å². The summed E-state index contributed by atoms with van der Waals surface area (Å²) in [4.78, 5) is 30.3. The SMILES string of the molecule is CN1C=CC2=C(CCCCCCC2)/C1=C1\C(=O)N2C=CC3=C(CCCCCCC3)C2=C1C=O. The van der Waals surface area contributed by atoms with E-state index in [-0.39, 0.29) is 5.91 Å². The van der Waals surface area contributed by atoms with Gasteiger partial charge < -0.3 is 4.90 Å². The van der Waals surface area contributed by atoms with Crippen molar-refractivity contribution in [2.75, 3.05) is 7.05 Å². The minimum Gasteiger partial charge on any atom is -0.350 e. The molecular formula is C29H36N2O2. The van der Waals surface area contributed by atoms with E-state index in [1.165, 1.54) is 73.7 Å². The molecule has 33 heavy (non-hydrogen) atoms. The second-order valence-corrected chi connectivity index (χ2v) is 10.1. The zero-order chi connectivity index (χ0) is 22.8. The van der Waals surface area contributed by atoms with Crippen molar-refractivity contribution in [2.45, 2.75) is 89.9 Å². The summed E-state index contributed by atoms with van der Waals surface area (Å²) in [5, 5.41) is 0. The molecule has 0 fully saturated rings. The molecule has 0 aromatic carbocycles. The third-order valence-electron chi connectivity index (χ3n) is 7.92. The number of likely N-dealkylation sites (N-methyl/N-ethyl adjacent to an activating group) is 1. The van der Waals surface area contributed by atoms with Gasteiger partial charge in [-0.15, -0.1) is 0 Å². The molecule has 5 aliphatic rings. The van der Waals surface area contributed by atoms with Crippen LogP contribution in [-0.2, 0) is 9.59 Å². The number of hydrogen-bond donors (Lipinski definition) is 0. The Morgan fingerprint density at radius 1 is 0.697 bits per heavy atom. The van der Waals surface area contributed by atoms with E-state index < -0.39 is 0 Å². The van der Waals surface area contributed by atoms with Crippen molar-refractivity contribution in [1.82, 2.24) is 9.80 Å². The van der Waals surface area contributed by atoms with Gasteiger partial charge in [0.1, 0.15) is 0 Å². The number of amides is 1. The maximum Gasteiger partial charge on any atom is 0.265 e. The number of rotatable bonds is 1. The first-order valence-corrected chi connectivity index (χ1v) is 13.0. The van der Waals surface area contributed by atoms with Crippen LogP contribution >= 0.6 is 0 Å². The molecule has 4 nitrogen and oxygen atoms in total. The summed E-state index contributed by atoms with van der Waals surface area (Å²) < 4.78 is 0. The normalized spacial score (nSPS) is 26.8. The molecule has 0 atom stereocenters. The highest BCUT2D eigenvalue weighted by molar-refractivity contribution is 6.12. The Morgan fingerprint density at radius 3 is 1.82 bits per heavy atom. The largest absolute Gasteiger partial charge is 0.350 e. The Hall–Kier alpha value is -2.62. The lowest BCUT2D eigenvalue weighted by Crippen LogP contribution is -2.27. The van der Waals surface area contributed by atoms with Crippen LogP contribution in [0.3, 0.4) is 0 Å². The predicted octanol–water partition coefficient (Wildman–Crippen LogP) is 6.60. The molecule has 0 radical (unpaired) electrons. The summed E-state index contributed by atoms with van der Waals surface area (Å²) in [6.45, 7) is 0. The van der Waals surface area contributed by atoms with Gasteiger partial charge in [-0.2, -0.15) is 0 Å². The second kappa shape index (κ2) is 9.70. The molecule has 0 saturated carbocycles. The van der Waals surface area contributed by atoms with E-state index in [4.69, 9.17) is 0 Å². The van der Waals surface area contributed by atoms with Crippen molar-refractivity contribution in [3.63, 3.8) is 0 Å². The van der Waals surface area contributed by atoms with E-state index in [0.717, 1.165) is 56.2 Å². The summed E-state index contributed by atoms with van der Waals surface area (Å²) in [6.07, 6.45) is 25.5. The number of hydrogen-bond acceptors (Lipinski definition) is 3. The molecule has 0 bridgehead atoms. The highest BCUT2D eigenvalue weighted by Crippen LogP contribution is 2.45. The quantitative estimate of drug-likeness (QED) is 0.338. The first kappa shape index (κ1) is 22.2. The molecule has 0 spiro atoms. The van der Waals surface area contributed by atoms with Gasteiger partial charge in [0.25, 0.3) is 5.91 Å². The predicted molar refractivity (Wildman–Crippen MR) is 132 cm³/mol. The van der Waals surface area contributed by atoms with Crippen LogP contribution < -0.4 is 0 Å². The molecule has 0 saturated heterocycles. The van der Waals surface area contributed by atoms with E-state index in [1.807, 2.05) is 13.2 Å². The molecule has 0 aromatic rings. The number of nitrogens with zero attached hydrogens (tertiary/aromatic N) is 2. The Balaban J connectivity index is 1.68. The van der Waals surface area contributed by atoms with Gasteiger partial charge in [0.15, 0.2) is 6.29 Å². The van der Waals surface area contributed by atoms with Crippen LogP contribution in [0.4, 0.5) is 0 Å². The summed E-state index contributed by atoms with van der Waals surface area (Å²) in [5.74, 6) is -0.0429. The first-order valence-electron chi connectivity index (χ1n) is 13.0. The summed E-state index contributed by atoms with van der Waals surface area (Å²) in [7, 11) is 2.02. The van der Waals surface area contributed by atoms with Crippen LogP contribution in [0, 0.1) is 0 Å². The van der Waals surface area contributed by atoms with Gasteiger partial charge in [-0.05, 0) is 85.8 Å². The lowest BCUT2D eigenvalue weighted by atomic mass is 9.88. The molecule has 0 aromatic heterocycles. The lowest BCUT2D eigenvalue weighted by Gasteiger charge is -2.29. The summed E-state index contributed by atoms with van der Waals surface area (Å²) in [6, 6.07) is 0. The van der Waals surface area contributed by atoms with E-state index in [0.29, 0.717) is 11.1 Å². The van der Waals surface area contributed by atoms with Gasteiger partial charge >= 0.3 is 0 Å². The van der Waals surface area contributed by atoms with Crippen molar-refractivity contribution in [1.29, 1.82) is 0 Å².